The number of hydrogen-bond donors (Lipinski definition) is 0. The quantitative estimate of drug-likeness (QED) is 0.663. The van der Waals surface area contributed by atoms with Gasteiger partial charge in [-0.25, -0.2) is 0 Å². The largest absolute Gasteiger partial charge is 0.349 e. The van der Waals surface area contributed by atoms with Crippen LogP contribution >= 0.6 is 0 Å². The Labute approximate surface area is 93.2 Å². The molecule has 2 atom stereocenters. The van der Waals surface area contributed by atoms with Gasteiger partial charge in [-0.2, -0.15) is 0 Å². The van der Waals surface area contributed by atoms with Crippen molar-refractivity contribution in [3.63, 3.8) is 0 Å². The predicted molar refractivity (Wildman–Crippen MR) is 65.2 cm³/mol. The summed E-state index contributed by atoms with van der Waals surface area (Å²) in [6, 6.07) is 0.566. The van der Waals surface area contributed by atoms with Gasteiger partial charge in [0.2, 0.25) is 0 Å². The van der Waals surface area contributed by atoms with Crippen molar-refractivity contribution in [3.8, 4) is 0 Å². The molecule has 0 bridgehead atoms. The van der Waals surface area contributed by atoms with Gasteiger partial charge in [-0.05, 0) is 31.8 Å². The highest BCUT2D eigenvalue weighted by atomic mass is 15.2. The van der Waals surface area contributed by atoms with E-state index < -0.39 is 0 Å². The zero-order chi connectivity index (χ0) is 11.0. The van der Waals surface area contributed by atoms with Gasteiger partial charge < -0.3 is 4.90 Å². The van der Waals surface area contributed by atoms with Crippen LogP contribution in [0.1, 0.15) is 27.7 Å². The second-order valence-corrected chi connectivity index (χ2v) is 5.17. The van der Waals surface area contributed by atoms with E-state index in [2.05, 4.69) is 63.1 Å². The Morgan fingerprint density at radius 2 is 1.87 bits per heavy atom. The summed E-state index contributed by atoms with van der Waals surface area (Å²) in [5.74, 6) is 1.99. The van der Waals surface area contributed by atoms with Gasteiger partial charge >= 0.3 is 0 Å². The summed E-state index contributed by atoms with van der Waals surface area (Å²) in [5, 5.41) is 0. The fraction of sp³-hybridized carbons (Fsp3) is 0.571. The lowest BCUT2D eigenvalue weighted by Gasteiger charge is -2.32. The third-order valence-corrected chi connectivity index (χ3v) is 3.43. The minimum absolute atomic E-state index is 0.566. The summed E-state index contributed by atoms with van der Waals surface area (Å²) in [7, 11) is 0. The van der Waals surface area contributed by atoms with Crippen molar-refractivity contribution in [3.05, 3.63) is 36.2 Å². The van der Waals surface area contributed by atoms with Crippen molar-refractivity contribution >= 4 is 0 Å². The molecule has 0 saturated heterocycles. The third kappa shape index (κ3) is 1.75. The summed E-state index contributed by atoms with van der Waals surface area (Å²) in [6.07, 6.45) is 11.5. The Kier molecular flexibility index (Phi) is 2.72. The standard InChI is InChI=1S/C14H21N/c1-10(2)12-6-5-7-14-13(12)8-9-15(14)11(3)4/h5-13H,1-4H3. The maximum Gasteiger partial charge on any atom is 0.0276 e. The molecule has 1 nitrogen and oxygen atoms in total. The number of nitrogens with zero attached hydrogens (tertiary/aromatic N) is 1. The molecule has 0 N–H and O–H groups in total. The highest BCUT2D eigenvalue weighted by Crippen LogP contribution is 2.39. The summed E-state index contributed by atoms with van der Waals surface area (Å²) in [6.45, 7) is 9.11. The van der Waals surface area contributed by atoms with Gasteiger partial charge in [0.05, 0.1) is 0 Å². The van der Waals surface area contributed by atoms with Crippen molar-refractivity contribution in [2.45, 2.75) is 33.7 Å². The van der Waals surface area contributed by atoms with E-state index in [1.165, 1.54) is 5.70 Å². The Bertz CT molecular complexity index is 320. The monoisotopic (exact) mass is 203 g/mol. The average molecular weight is 203 g/mol. The third-order valence-electron chi connectivity index (χ3n) is 3.43. The molecule has 0 amide bonds. The van der Waals surface area contributed by atoms with E-state index in [-0.39, 0.29) is 0 Å². The van der Waals surface area contributed by atoms with E-state index in [0.717, 1.165) is 0 Å². The molecular weight excluding hydrogens is 182 g/mol. The van der Waals surface area contributed by atoms with Crippen LogP contribution in [0.15, 0.2) is 36.2 Å². The van der Waals surface area contributed by atoms with Crippen LogP contribution < -0.4 is 0 Å². The minimum Gasteiger partial charge on any atom is -0.349 e. The SMILES string of the molecule is CC(C)C1C=CC=C2C1C=CN2C(C)C. The number of fused-ring (bicyclic) bond motifs is 1. The fourth-order valence-electron chi connectivity index (χ4n) is 2.57. The number of rotatable bonds is 2. The van der Waals surface area contributed by atoms with Crippen molar-refractivity contribution in [2.75, 3.05) is 0 Å². The highest BCUT2D eigenvalue weighted by molar-refractivity contribution is 5.32. The van der Waals surface area contributed by atoms with E-state index in [0.29, 0.717) is 23.8 Å². The first-order chi connectivity index (χ1) is 7.11. The predicted octanol–water partition coefficient (Wildman–Crippen LogP) is 3.57. The number of hydrogen-bond acceptors (Lipinski definition) is 1. The smallest absolute Gasteiger partial charge is 0.0276 e. The molecule has 2 rings (SSSR count). The molecule has 0 aromatic heterocycles. The zero-order valence-electron chi connectivity index (χ0n) is 10.1. The molecule has 1 heteroatoms. The first-order valence-electron chi connectivity index (χ1n) is 5.96. The molecular formula is C14H21N. The maximum atomic E-state index is 2.39. The lowest BCUT2D eigenvalue weighted by molar-refractivity contribution is 0.323. The molecule has 0 radical (unpaired) electrons. The molecule has 0 aromatic rings. The first kappa shape index (κ1) is 10.5. The van der Waals surface area contributed by atoms with E-state index in [4.69, 9.17) is 0 Å². The highest BCUT2D eigenvalue weighted by Gasteiger charge is 2.32. The molecule has 15 heavy (non-hydrogen) atoms. The van der Waals surface area contributed by atoms with Gasteiger partial charge in [-0.1, -0.05) is 32.1 Å². The Morgan fingerprint density at radius 1 is 1.13 bits per heavy atom. The van der Waals surface area contributed by atoms with E-state index >= 15 is 0 Å². The molecule has 0 aromatic carbocycles. The second-order valence-electron chi connectivity index (χ2n) is 5.17. The van der Waals surface area contributed by atoms with Crippen molar-refractivity contribution in [2.24, 2.45) is 17.8 Å². The van der Waals surface area contributed by atoms with Crippen LogP contribution in [0.25, 0.3) is 0 Å². The van der Waals surface area contributed by atoms with E-state index in [9.17, 15) is 0 Å². The zero-order valence-corrected chi connectivity index (χ0v) is 10.1. The van der Waals surface area contributed by atoms with Gasteiger partial charge in [-0.3, -0.25) is 0 Å². The van der Waals surface area contributed by atoms with Crippen LogP contribution in [0.3, 0.4) is 0 Å². The molecule has 1 aliphatic heterocycles. The van der Waals surface area contributed by atoms with Crippen molar-refractivity contribution in [1.29, 1.82) is 0 Å². The molecule has 2 aliphatic rings. The summed E-state index contributed by atoms with van der Waals surface area (Å²) >= 11 is 0. The molecule has 1 aliphatic carbocycles. The van der Waals surface area contributed by atoms with Crippen LogP contribution in [-0.4, -0.2) is 10.9 Å². The van der Waals surface area contributed by atoms with Gasteiger partial charge in [-0.15, -0.1) is 0 Å². The van der Waals surface area contributed by atoms with Crippen LogP contribution in [0.4, 0.5) is 0 Å². The van der Waals surface area contributed by atoms with Crippen molar-refractivity contribution in [1.82, 2.24) is 4.90 Å². The Morgan fingerprint density at radius 3 is 2.47 bits per heavy atom. The minimum atomic E-state index is 0.566. The summed E-state index contributed by atoms with van der Waals surface area (Å²) in [5.41, 5.74) is 1.48. The van der Waals surface area contributed by atoms with E-state index in [1.807, 2.05) is 0 Å². The fourth-order valence-corrected chi connectivity index (χ4v) is 2.57. The summed E-state index contributed by atoms with van der Waals surface area (Å²) < 4.78 is 0. The topological polar surface area (TPSA) is 3.24 Å². The summed E-state index contributed by atoms with van der Waals surface area (Å²) in [4.78, 5) is 2.39. The lowest BCUT2D eigenvalue weighted by Crippen LogP contribution is -2.28. The maximum absolute atomic E-state index is 2.39. The molecule has 0 saturated carbocycles. The van der Waals surface area contributed by atoms with Gasteiger partial charge in [0, 0.05) is 23.9 Å². The second kappa shape index (κ2) is 3.88. The molecule has 82 valence electrons. The van der Waals surface area contributed by atoms with E-state index in [1.54, 1.807) is 0 Å². The molecule has 1 heterocycles. The van der Waals surface area contributed by atoms with Crippen LogP contribution in [-0.2, 0) is 0 Å². The van der Waals surface area contributed by atoms with Crippen LogP contribution in [0.5, 0.6) is 0 Å². The Balaban J connectivity index is 2.24. The van der Waals surface area contributed by atoms with Crippen molar-refractivity contribution < 1.29 is 0 Å². The van der Waals surface area contributed by atoms with Gasteiger partial charge in [0.25, 0.3) is 0 Å². The van der Waals surface area contributed by atoms with Gasteiger partial charge in [0.1, 0.15) is 0 Å². The first-order valence-corrected chi connectivity index (χ1v) is 5.96. The van der Waals surface area contributed by atoms with Crippen LogP contribution in [0, 0.1) is 17.8 Å². The normalized spacial score (nSPS) is 28.9. The number of allylic oxidation sites excluding steroid dienone is 4. The average Bonchev–Trinajstić information content (AvgIpc) is 2.59. The lowest BCUT2D eigenvalue weighted by atomic mass is 9.79. The van der Waals surface area contributed by atoms with Crippen LogP contribution in [0.2, 0.25) is 0 Å². The van der Waals surface area contributed by atoms with Gasteiger partial charge in [0.15, 0.2) is 0 Å². The molecule has 0 fully saturated rings. The Hall–Kier alpha value is -0.980. The molecule has 0 spiro atoms. The molecule has 2 unspecified atom stereocenters.